The summed E-state index contributed by atoms with van der Waals surface area (Å²) in [6.45, 7) is -0.480. The average molecular weight is 275 g/mol. The molecule has 0 spiro atoms. The molecule has 9 heteroatoms. The minimum atomic E-state index is -3.67. The summed E-state index contributed by atoms with van der Waals surface area (Å²) >= 11 is 0. The van der Waals surface area contributed by atoms with Crippen molar-refractivity contribution in [2.45, 2.75) is 12.0 Å². The quantitative estimate of drug-likeness (QED) is 0.215. The van der Waals surface area contributed by atoms with Crippen molar-refractivity contribution in [3.63, 3.8) is 0 Å². The summed E-state index contributed by atoms with van der Waals surface area (Å²) in [7, 11) is -3.67. The normalized spacial score (nSPS) is 11.9. The maximum atomic E-state index is 9.19. The van der Waals surface area contributed by atoms with Crippen LogP contribution in [0.5, 0.6) is 0 Å². The van der Waals surface area contributed by atoms with E-state index in [0.29, 0.717) is 19.2 Å². The molecule has 0 bridgehead atoms. The van der Waals surface area contributed by atoms with Crippen molar-refractivity contribution in [1.29, 1.82) is 0 Å². The first-order chi connectivity index (χ1) is 7.74. The van der Waals surface area contributed by atoms with Crippen LogP contribution < -0.4 is 5.32 Å². The predicted octanol–water partition coefficient (Wildman–Crippen LogP) is -2.82. The van der Waals surface area contributed by atoms with Gasteiger partial charge in [0, 0.05) is 6.61 Å². The second-order valence-corrected chi connectivity index (χ2v) is 4.96. The molecular weight excluding hydrogens is 254 g/mol. The summed E-state index contributed by atoms with van der Waals surface area (Å²) in [5.41, 5.74) is -1.02. The summed E-state index contributed by atoms with van der Waals surface area (Å²) < 4.78 is 25.9. The van der Waals surface area contributed by atoms with Gasteiger partial charge >= 0.3 is 0 Å². The van der Waals surface area contributed by atoms with Gasteiger partial charge in [0.15, 0.2) is 0 Å². The van der Waals surface area contributed by atoms with E-state index in [-0.39, 0.29) is 26.4 Å². The minimum Gasteiger partial charge on any atom is -0.396 e. The zero-order valence-electron chi connectivity index (χ0n) is 9.70. The Morgan fingerprint density at radius 1 is 1.06 bits per heavy atom. The fourth-order valence-electron chi connectivity index (χ4n) is 0.750. The lowest BCUT2D eigenvalue weighted by molar-refractivity contribution is 0.0417. The van der Waals surface area contributed by atoms with E-state index in [1.54, 1.807) is 0 Å². The fourth-order valence-corrected chi connectivity index (χ4v) is 0.750. The van der Waals surface area contributed by atoms with Gasteiger partial charge in [-0.25, -0.2) is 0 Å². The van der Waals surface area contributed by atoms with Crippen molar-refractivity contribution in [2.75, 3.05) is 39.2 Å². The molecule has 6 N–H and O–H groups in total. The van der Waals surface area contributed by atoms with E-state index in [4.69, 9.17) is 25.0 Å². The van der Waals surface area contributed by atoms with Crippen LogP contribution in [0, 0.1) is 0 Å². The standard InChI is InChI=1S/C7H17NO4.CH4O3S/c9-3-1-2-8-7(4-10,5-11)6-12;1-5(2,3)4/h8-12H,1-6H2;1H3,(H,2,3,4). The minimum absolute atomic E-state index is 0.0470. The zero-order chi connectivity index (χ0) is 13.9. The predicted molar refractivity (Wildman–Crippen MR) is 61.2 cm³/mol. The largest absolute Gasteiger partial charge is 0.396 e. The van der Waals surface area contributed by atoms with Gasteiger partial charge in [0.1, 0.15) is 0 Å². The molecule has 0 aliphatic rings. The van der Waals surface area contributed by atoms with Crippen molar-refractivity contribution in [3.8, 4) is 0 Å². The molecule has 0 heterocycles. The van der Waals surface area contributed by atoms with Crippen LogP contribution in [-0.2, 0) is 10.1 Å². The van der Waals surface area contributed by atoms with Gasteiger partial charge in [0.2, 0.25) is 0 Å². The first-order valence-electron chi connectivity index (χ1n) is 4.85. The van der Waals surface area contributed by atoms with E-state index in [1.165, 1.54) is 0 Å². The smallest absolute Gasteiger partial charge is 0.261 e. The van der Waals surface area contributed by atoms with Gasteiger partial charge in [-0.15, -0.1) is 0 Å². The monoisotopic (exact) mass is 275 g/mol. The van der Waals surface area contributed by atoms with Gasteiger partial charge < -0.3 is 25.7 Å². The third kappa shape index (κ3) is 13.6. The molecule has 0 radical (unpaired) electrons. The molecule has 0 fully saturated rings. The highest BCUT2D eigenvalue weighted by Crippen LogP contribution is 2.00. The van der Waals surface area contributed by atoms with Crippen LogP contribution in [0.2, 0.25) is 0 Å². The highest BCUT2D eigenvalue weighted by molar-refractivity contribution is 7.85. The molecule has 0 aliphatic carbocycles. The number of nitrogens with one attached hydrogen (secondary N) is 1. The summed E-state index contributed by atoms with van der Waals surface area (Å²) in [6.07, 6.45) is 1.24. The number of hydrogen-bond donors (Lipinski definition) is 6. The summed E-state index contributed by atoms with van der Waals surface area (Å²) in [6, 6.07) is 0. The molecule has 106 valence electrons. The molecule has 0 aliphatic heterocycles. The number of aliphatic hydroxyl groups excluding tert-OH is 4. The van der Waals surface area contributed by atoms with Crippen molar-refractivity contribution in [1.82, 2.24) is 5.32 Å². The van der Waals surface area contributed by atoms with Crippen molar-refractivity contribution >= 4 is 10.1 Å². The SMILES string of the molecule is CS(=O)(=O)O.OCCCNC(CO)(CO)CO. The van der Waals surface area contributed by atoms with Crippen LogP contribution >= 0.6 is 0 Å². The molecule has 0 atom stereocenters. The van der Waals surface area contributed by atoms with E-state index in [0.717, 1.165) is 0 Å². The molecule has 0 amide bonds. The average Bonchev–Trinajstić information content (AvgIpc) is 2.23. The Labute approximate surface area is 101 Å². The van der Waals surface area contributed by atoms with E-state index in [1.807, 2.05) is 0 Å². The molecule has 0 aromatic heterocycles. The molecule has 8 nitrogen and oxygen atoms in total. The Hall–Kier alpha value is -0.290. The zero-order valence-corrected chi connectivity index (χ0v) is 10.5. The lowest BCUT2D eigenvalue weighted by Crippen LogP contribution is -2.55. The van der Waals surface area contributed by atoms with E-state index in [9.17, 15) is 8.42 Å². The van der Waals surface area contributed by atoms with E-state index >= 15 is 0 Å². The van der Waals surface area contributed by atoms with Gasteiger partial charge in [-0.3, -0.25) is 4.55 Å². The maximum Gasteiger partial charge on any atom is 0.261 e. The van der Waals surface area contributed by atoms with Crippen LogP contribution in [0.25, 0.3) is 0 Å². The van der Waals surface area contributed by atoms with Crippen LogP contribution in [0.3, 0.4) is 0 Å². The molecule has 0 rings (SSSR count). The van der Waals surface area contributed by atoms with Crippen LogP contribution in [0.4, 0.5) is 0 Å². The number of hydrogen-bond acceptors (Lipinski definition) is 7. The maximum absolute atomic E-state index is 9.19. The summed E-state index contributed by atoms with van der Waals surface area (Å²) in [5, 5.41) is 37.7. The van der Waals surface area contributed by atoms with E-state index in [2.05, 4.69) is 5.32 Å². The van der Waals surface area contributed by atoms with Crippen molar-refractivity contribution < 1.29 is 33.4 Å². The molecule has 0 saturated heterocycles. The van der Waals surface area contributed by atoms with Gasteiger partial charge in [-0.05, 0) is 13.0 Å². The second-order valence-electron chi connectivity index (χ2n) is 3.49. The number of rotatable bonds is 7. The Balaban J connectivity index is 0. The van der Waals surface area contributed by atoms with Crippen LogP contribution in [0.1, 0.15) is 6.42 Å². The molecule has 17 heavy (non-hydrogen) atoms. The highest BCUT2D eigenvalue weighted by atomic mass is 32.2. The first-order valence-corrected chi connectivity index (χ1v) is 6.70. The van der Waals surface area contributed by atoms with Gasteiger partial charge in [-0.2, -0.15) is 8.42 Å². The van der Waals surface area contributed by atoms with Crippen LogP contribution in [-0.4, -0.2) is 78.2 Å². The Morgan fingerprint density at radius 2 is 1.41 bits per heavy atom. The molecular formula is C8H21NO7S. The van der Waals surface area contributed by atoms with Crippen molar-refractivity contribution in [2.24, 2.45) is 0 Å². The van der Waals surface area contributed by atoms with E-state index < -0.39 is 15.7 Å². The van der Waals surface area contributed by atoms with Gasteiger partial charge in [0.05, 0.1) is 31.6 Å². The highest BCUT2D eigenvalue weighted by Gasteiger charge is 2.26. The second kappa shape index (κ2) is 9.71. The van der Waals surface area contributed by atoms with Crippen molar-refractivity contribution in [3.05, 3.63) is 0 Å². The molecule has 0 aromatic rings. The van der Waals surface area contributed by atoms with Gasteiger partial charge in [0.25, 0.3) is 10.1 Å². The third-order valence-corrected chi connectivity index (χ3v) is 1.74. The lowest BCUT2D eigenvalue weighted by Gasteiger charge is -2.28. The molecule has 0 aromatic carbocycles. The molecule has 0 unspecified atom stereocenters. The lowest BCUT2D eigenvalue weighted by atomic mass is 10.0. The number of aliphatic hydroxyl groups is 4. The summed E-state index contributed by atoms with van der Waals surface area (Å²) in [5.74, 6) is 0. The first kappa shape index (κ1) is 19.1. The molecule has 0 saturated carbocycles. The Bertz CT molecular complexity index is 247. The Kier molecular flexibility index (Phi) is 10.9. The third-order valence-electron chi connectivity index (χ3n) is 1.74. The topological polar surface area (TPSA) is 147 Å². The Morgan fingerprint density at radius 3 is 1.65 bits per heavy atom. The summed E-state index contributed by atoms with van der Waals surface area (Å²) in [4.78, 5) is 0. The van der Waals surface area contributed by atoms with Crippen LogP contribution in [0.15, 0.2) is 0 Å². The van der Waals surface area contributed by atoms with Gasteiger partial charge in [-0.1, -0.05) is 0 Å². The fraction of sp³-hybridized carbons (Fsp3) is 1.00.